The van der Waals surface area contributed by atoms with E-state index < -0.39 is 0 Å². The average Bonchev–Trinajstić information content (AvgIpc) is 3.24. The Balaban J connectivity index is 1.93. The van der Waals surface area contributed by atoms with Gasteiger partial charge in [0.25, 0.3) is 5.56 Å². The van der Waals surface area contributed by atoms with Gasteiger partial charge in [-0.3, -0.25) is 14.2 Å². The van der Waals surface area contributed by atoms with Crippen LogP contribution < -0.4 is 10.9 Å². The fourth-order valence-electron chi connectivity index (χ4n) is 3.21. The van der Waals surface area contributed by atoms with Gasteiger partial charge in [0.05, 0.1) is 36.9 Å². The molecule has 1 aromatic carbocycles. The van der Waals surface area contributed by atoms with E-state index >= 15 is 0 Å². The maximum Gasteiger partial charge on any atom is 0.305 e. The van der Waals surface area contributed by atoms with Gasteiger partial charge in [0.2, 0.25) is 0 Å². The quantitative estimate of drug-likeness (QED) is 0.571. The van der Waals surface area contributed by atoms with E-state index in [0.29, 0.717) is 36.2 Å². The second-order valence-corrected chi connectivity index (χ2v) is 6.54. The van der Waals surface area contributed by atoms with Gasteiger partial charge in [-0.1, -0.05) is 19.1 Å². The molecule has 0 amide bonds. The van der Waals surface area contributed by atoms with E-state index in [0.717, 1.165) is 12.2 Å². The zero-order valence-corrected chi connectivity index (χ0v) is 16.2. The minimum atomic E-state index is -0.286. The Hall–Kier alpha value is -2.93. The molecule has 0 saturated carbocycles. The van der Waals surface area contributed by atoms with Crippen molar-refractivity contribution in [3.05, 3.63) is 64.6 Å². The van der Waals surface area contributed by atoms with Crippen LogP contribution in [0.4, 0.5) is 0 Å². The first-order valence-electron chi connectivity index (χ1n) is 9.46. The van der Waals surface area contributed by atoms with Crippen molar-refractivity contribution in [3.63, 3.8) is 0 Å². The molecule has 0 aliphatic rings. The number of aromatic nitrogens is 2. The highest BCUT2D eigenvalue weighted by Crippen LogP contribution is 2.18. The molecule has 3 aromatic rings. The first kappa shape index (κ1) is 19.8. The number of rotatable bonds is 9. The summed E-state index contributed by atoms with van der Waals surface area (Å²) in [6, 6.07) is 10.9. The number of para-hydroxylation sites is 1. The van der Waals surface area contributed by atoms with Crippen LogP contribution in [0.25, 0.3) is 10.9 Å². The third kappa shape index (κ3) is 4.48. The number of esters is 1. The van der Waals surface area contributed by atoms with E-state index in [9.17, 15) is 9.59 Å². The second-order valence-electron chi connectivity index (χ2n) is 6.54. The molecule has 2 heterocycles. The largest absolute Gasteiger partial charge is 0.469 e. The minimum Gasteiger partial charge on any atom is -0.469 e. The van der Waals surface area contributed by atoms with Gasteiger partial charge >= 0.3 is 5.97 Å². The minimum absolute atomic E-state index is 0.0938. The number of hydrogen-bond donors (Lipinski definition) is 1. The molecule has 0 radical (unpaired) electrons. The van der Waals surface area contributed by atoms with Crippen molar-refractivity contribution in [1.29, 1.82) is 0 Å². The SMILES string of the molecule is CCC(NCc1ccco1)c1nc2ccccc2c(=O)n1CCCC(=O)OC. The lowest BCUT2D eigenvalue weighted by Gasteiger charge is -2.21. The van der Waals surface area contributed by atoms with E-state index in [2.05, 4.69) is 5.32 Å². The lowest BCUT2D eigenvalue weighted by molar-refractivity contribution is -0.140. The van der Waals surface area contributed by atoms with Crippen molar-refractivity contribution >= 4 is 16.9 Å². The standard InChI is InChI=1S/C21H25N3O4/c1-3-17(22-14-15-8-7-13-28-15)20-23-18-10-5-4-9-16(18)21(26)24(20)12-6-11-19(25)27-2/h4-5,7-10,13,17,22H,3,6,11-12,14H2,1-2H3. The number of fused-ring (bicyclic) bond motifs is 1. The van der Waals surface area contributed by atoms with E-state index in [1.807, 2.05) is 37.3 Å². The Morgan fingerprint density at radius 1 is 1.29 bits per heavy atom. The lowest BCUT2D eigenvalue weighted by Crippen LogP contribution is -2.32. The Kier molecular flexibility index (Phi) is 6.60. The summed E-state index contributed by atoms with van der Waals surface area (Å²) in [5.41, 5.74) is 0.577. The first-order chi connectivity index (χ1) is 13.6. The molecule has 148 valence electrons. The fraction of sp³-hybridized carbons (Fsp3) is 0.381. The number of carbonyl (C=O) groups is 1. The highest BCUT2D eigenvalue weighted by atomic mass is 16.5. The van der Waals surface area contributed by atoms with E-state index in [1.165, 1.54) is 7.11 Å². The Morgan fingerprint density at radius 3 is 2.82 bits per heavy atom. The molecule has 7 nitrogen and oxygen atoms in total. The average molecular weight is 383 g/mol. The summed E-state index contributed by atoms with van der Waals surface area (Å²) < 4.78 is 11.8. The predicted octanol–water partition coefficient (Wildman–Crippen LogP) is 3.18. The molecule has 7 heteroatoms. The summed E-state index contributed by atoms with van der Waals surface area (Å²) in [7, 11) is 1.36. The van der Waals surface area contributed by atoms with Gasteiger partial charge in [0, 0.05) is 13.0 Å². The van der Waals surface area contributed by atoms with Crippen LogP contribution in [0.2, 0.25) is 0 Å². The molecule has 3 rings (SSSR count). The third-order valence-corrected chi connectivity index (χ3v) is 4.70. The fourth-order valence-corrected chi connectivity index (χ4v) is 3.21. The van der Waals surface area contributed by atoms with E-state index in [4.69, 9.17) is 14.1 Å². The van der Waals surface area contributed by atoms with Gasteiger partial charge < -0.3 is 14.5 Å². The number of methoxy groups -OCH3 is 1. The molecule has 0 fully saturated rings. The number of benzene rings is 1. The first-order valence-corrected chi connectivity index (χ1v) is 9.46. The molecule has 2 aromatic heterocycles. The number of ether oxygens (including phenoxy) is 1. The molecule has 1 unspecified atom stereocenters. The van der Waals surface area contributed by atoms with Crippen LogP contribution in [0.15, 0.2) is 51.9 Å². The molecule has 28 heavy (non-hydrogen) atoms. The van der Waals surface area contributed by atoms with Gasteiger partial charge in [0.15, 0.2) is 0 Å². The zero-order chi connectivity index (χ0) is 19.9. The topological polar surface area (TPSA) is 86.4 Å². The van der Waals surface area contributed by atoms with Crippen LogP contribution in [-0.4, -0.2) is 22.6 Å². The number of carbonyl (C=O) groups excluding carboxylic acids is 1. The number of hydrogen-bond acceptors (Lipinski definition) is 6. The van der Waals surface area contributed by atoms with Crippen LogP contribution in [0.5, 0.6) is 0 Å². The molecular weight excluding hydrogens is 358 g/mol. The maximum absolute atomic E-state index is 13.1. The van der Waals surface area contributed by atoms with Crippen LogP contribution in [-0.2, 0) is 22.6 Å². The van der Waals surface area contributed by atoms with Crippen LogP contribution in [0, 0.1) is 0 Å². The third-order valence-electron chi connectivity index (χ3n) is 4.70. The Bertz CT molecular complexity index is 979. The zero-order valence-electron chi connectivity index (χ0n) is 16.2. The summed E-state index contributed by atoms with van der Waals surface area (Å²) in [6.07, 6.45) is 3.15. The van der Waals surface area contributed by atoms with Crippen molar-refractivity contribution < 1.29 is 13.9 Å². The lowest BCUT2D eigenvalue weighted by atomic mass is 10.1. The second kappa shape index (κ2) is 9.32. The Labute approximate surface area is 163 Å². The molecule has 0 aliphatic heterocycles. The summed E-state index contributed by atoms with van der Waals surface area (Å²) in [5, 5.41) is 4.00. The predicted molar refractivity (Wildman–Crippen MR) is 106 cm³/mol. The van der Waals surface area contributed by atoms with E-state index in [1.54, 1.807) is 16.9 Å². The van der Waals surface area contributed by atoms with Crippen LogP contribution in [0.3, 0.4) is 0 Å². The van der Waals surface area contributed by atoms with E-state index in [-0.39, 0.29) is 24.0 Å². The van der Waals surface area contributed by atoms with Gasteiger partial charge in [0.1, 0.15) is 11.6 Å². The van der Waals surface area contributed by atoms with Crippen molar-refractivity contribution in [2.24, 2.45) is 0 Å². The number of nitrogens with one attached hydrogen (secondary N) is 1. The molecule has 0 saturated heterocycles. The number of furan rings is 1. The maximum atomic E-state index is 13.1. The van der Waals surface area contributed by atoms with Gasteiger partial charge in [-0.15, -0.1) is 0 Å². The molecule has 0 spiro atoms. The molecular formula is C21H25N3O4. The normalized spacial score (nSPS) is 12.2. The summed E-state index contributed by atoms with van der Waals surface area (Å²) in [5.74, 6) is 1.20. The molecule has 0 bridgehead atoms. The molecule has 0 aliphatic carbocycles. The monoisotopic (exact) mass is 383 g/mol. The van der Waals surface area contributed by atoms with Gasteiger partial charge in [-0.05, 0) is 37.1 Å². The smallest absolute Gasteiger partial charge is 0.305 e. The molecule has 1 N–H and O–H groups in total. The van der Waals surface area contributed by atoms with Gasteiger partial charge in [-0.2, -0.15) is 0 Å². The van der Waals surface area contributed by atoms with Crippen molar-refractivity contribution in [1.82, 2.24) is 14.9 Å². The highest BCUT2D eigenvalue weighted by molar-refractivity contribution is 5.77. The summed E-state index contributed by atoms with van der Waals surface area (Å²) >= 11 is 0. The number of nitrogens with zero attached hydrogens (tertiary/aromatic N) is 2. The highest BCUT2D eigenvalue weighted by Gasteiger charge is 2.19. The van der Waals surface area contributed by atoms with Gasteiger partial charge in [-0.25, -0.2) is 4.98 Å². The van der Waals surface area contributed by atoms with Crippen molar-refractivity contribution in [2.45, 2.75) is 45.3 Å². The summed E-state index contributed by atoms with van der Waals surface area (Å²) in [6.45, 7) is 2.98. The van der Waals surface area contributed by atoms with Crippen LogP contribution >= 0.6 is 0 Å². The van der Waals surface area contributed by atoms with Crippen molar-refractivity contribution in [3.8, 4) is 0 Å². The van der Waals surface area contributed by atoms with Crippen molar-refractivity contribution in [2.75, 3.05) is 7.11 Å². The molecule has 1 atom stereocenters. The Morgan fingerprint density at radius 2 is 2.11 bits per heavy atom. The summed E-state index contributed by atoms with van der Waals surface area (Å²) in [4.78, 5) is 29.3. The van der Waals surface area contributed by atoms with Crippen LogP contribution in [0.1, 0.15) is 43.8 Å².